The van der Waals surface area contributed by atoms with Crippen LogP contribution >= 0.6 is 24.0 Å². The Bertz CT molecular complexity index is 495. The normalized spacial score (nSPS) is 18.0. The van der Waals surface area contributed by atoms with Gasteiger partial charge in [-0.15, -0.1) is 24.0 Å². The van der Waals surface area contributed by atoms with Crippen molar-refractivity contribution in [1.29, 1.82) is 0 Å². The molecule has 150 valence electrons. The van der Waals surface area contributed by atoms with E-state index in [1.54, 1.807) is 0 Å². The minimum atomic E-state index is 0. The molecule has 2 rings (SSSR count). The van der Waals surface area contributed by atoms with Crippen LogP contribution in [0.5, 0.6) is 0 Å². The molecule has 1 aliphatic carbocycles. The van der Waals surface area contributed by atoms with Crippen LogP contribution < -0.4 is 10.6 Å². The van der Waals surface area contributed by atoms with E-state index in [4.69, 9.17) is 4.99 Å². The van der Waals surface area contributed by atoms with Crippen LogP contribution in [0.4, 0.5) is 0 Å². The van der Waals surface area contributed by atoms with Gasteiger partial charge in [0.15, 0.2) is 5.96 Å². The summed E-state index contributed by atoms with van der Waals surface area (Å²) in [7, 11) is 0. The van der Waals surface area contributed by atoms with Gasteiger partial charge in [0.25, 0.3) is 0 Å². The van der Waals surface area contributed by atoms with E-state index in [1.165, 1.54) is 32.1 Å². The maximum atomic E-state index is 9.46. The van der Waals surface area contributed by atoms with Gasteiger partial charge >= 0.3 is 0 Å². The number of aliphatic hydroxyl groups excluding tert-OH is 1. The molecule has 0 bridgehead atoms. The van der Waals surface area contributed by atoms with E-state index in [2.05, 4.69) is 29.6 Å². The molecule has 1 atom stereocenters. The second-order valence-electron chi connectivity index (χ2n) is 7.44. The van der Waals surface area contributed by atoms with Crippen LogP contribution in [-0.2, 0) is 6.54 Å². The molecule has 1 saturated carbocycles. The van der Waals surface area contributed by atoms with Crippen LogP contribution in [0.3, 0.4) is 0 Å². The first kappa shape index (κ1) is 23.2. The van der Waals surface area contributed by atoms with E-state index in [-0.39, 0.29) is 36.0 Å². The van der Waals surface area contributed by atoms with Crippen molar-refractivity contribution in [2.45, 2.75) is 58.9 Å². The van der Waals surface area contributed by atoms with Gasteiger partial charge in [-0.2, -0.15) is 5.10 Å². The van der Waals surface area contributed by atoms with Crippen LogP contribution in [0.1, 0.15) is 52.4 Å². The van der Waals surface area contributed by atoms with Crippen molar-refractivity contribution in [1.82, 2.24) is 20.4 Å². The fourth-order valence-electron chi connectivity index (χ4n) is 3.68. The lowest BCUT2D eigenvalue weighted by atomic mass is 9.72. The Morgan fingerprint density at radius 1 is 1.31 bits per heavy atom. The highest BCUT2D eigenvalue weighted by Gasteiger charge is 2.31. The Morgan fingerprint density at radius 2 is 2.08 bits per heavy atom. The highest BCUT2D eigenvalue weighted by atomic mass is 127. The lowest BCUT2D eigenvalue weighted by Gasteiger charge is -2.35. The molecule has 0 saturated heterocycles. The van der Waals surface area contributed by atoms with Crippen molar-refractivity contribution in [3.05, 3.63) is 18.5 Å². The van der Waals surface area contributed by atoms with Crippen LogP contribution in [0.2, 0.25) is 0 Å². The summed E-state index contributed by atoms with van der Waals surface area (Å²) in [6.07, 6.45) is 10.9. The fourth-order valence-corrected chi connectivity index (χ4v) is 3.68. The average Bonchev–Trinajstić information content (AvgIpc) is 3.11. The first-order chi connectivity index (χ1) is 12.2. The molecule has 1 unspecified atom stereocenters. The topological polar surface area (TPSA) is 74.5 Å². The Labute approximate surface area is 175 Å². The van der Waals surface area contributed by atoms with Gasteiger partial charge in [0.05, 0.1) is 0 Å². The van der Waals surface area contributed by atoms with E-state index in [0.29, 0.717) is 5.92 Å². The Morgan fingerprint density at radius 3 is 2.69 bits per heavy atom. The number of halogens is 1. The highest BCUT2D eigenvalue weighted by Crippen LogP contribution is 2.39. The lowest BCUT2D eigenvalue weighted by molar-refractivity contribution is 0.137. The molecule has 0 spiro atoms. The van der Waals surface area contributed by atoms with Crippen molar-refractivity contribution in [2.75, 3.05) is 26.2 Å². The standard InChI is InChI=1S/C19H35N5O.HI/c1-3-20-18(21-14-17(2)15-24-12-7-11-23-24)22-16-19(10-13-25)8-5-4-6-9-19;/h7,11-12,17,25H,3-6,8-10,13-16H2,1-2H3,(H2,20,21,22);1H. The van der Waals surface area contributed by atoms with Gasteiger partial charge in [0, 0.05) is 45.2 Å². The van der Waals surface area contributed by atoms with E-state index >= 15 is 0 Å². The molecule has 26 heavy (non-hydrogen) atoms. The first-order valence-corrected chi connectivity index (χ1v) is 9.78. The molecule has 1 fully saturated rings. The minimum absolute atomic E-state index is 0. The number of aliphatic hydroxyl groups is 1. The van der Waals surface area contributed by atoms with Gasteiger partial charge in [0.1, 0.15) is 0 Å². The molecule has 1 heterocycles. The molecular weight excluding hydrogens is 441 g/mol. The number of aromatic nitrogens is 2. The third kappa shape index (κ3) is 7.82. The van der Waals surface area contributed by atoms with E-state index in [0.717, 1.165) is 38.6 Å². The largest absolute Gasteiger partial charge is 0.396 e. The summed E-state index contributed by atoms with van der Waals surface area (Å²) in [6.45, 7) is 7.98. The van der Waals surface area contributed by atoms with Gasteiger partial charge in [0.2, 0.25) is 0 Å². The van der Waals surface area contributed by atoms with E-state index < -0.39 is 0 Å². The zero-order chi connectivity index (χ0) is 18.0. The number of nitrogens with one attached hydrogen (secondary N) is 2. The van der Waals surface area contributed by atoms with Crippen LogP contribution in [0.25, 0.3) is 0 Å². The number of hydrogen-bond acceptors (Lipinski definition) is 3. The molecule has 1 aliphatic rings. The van der Waals surface area contributed by atoms with Gasteiger partial charge in [-0.3, -0.25) is 9.67 Å². The minimum Gasteiger partial charge on any atom is -0.396 e. The van der Waals surface area contributed by atoms with Gasteiger partial charge in [-0.1, -0.05) is 26.2 Å². The van der Waals surface area contributed by atoms with Crippen molar-refractivity contribution in [2.24, 2.45) is 16.3 Å². The summed E-state index contributed by atoms with van der Waals surface area (Å²) in [5.74, 6) is 1.35. The predicted octanol–water partition coefficient (Wildman–Crippen LogP) is 3.03. The summed E-state index contributed by atoms with van der Waals surface area (Å²) < 4.78 is 1.97. The Hall–Kier alpha value is -0.830. The van der Waals surface area contributed by atoms with E-state index in [9.17, 15) is 5.11 Å². The number of aliphatic imine (C=N–C) groups is 1. The monoisotopic (exact) mass is 477 g/mol. The quantitative estimate of drug-likeness (QED) is 0.291. The maximum Gasteiger partial charge on any atom is 0.191 e. The van der Waals surface area contributed by atoms with Crippen molar-refractivity contribution >= 4 is 29.9 Å². The van der Waals surface area contributed by atoms with Crippen molar-refractivity contribution in [3.63, 3.8) is 0 Å². The molecule has 7 heteroatoms. The molecule has 6 nitrogen and oxygen atoms in total. The molecule has 0 radical (unpaired) electrons. The summed E-state index contributed by atoms with van der Waals surface area (Å²) in [4.78, 5) is 4.86. The molecule has 1 aromatic heterocycles. The van der Waals surface area contributed by atoms with E-state index in [1.807, 2.05) is 23.1 Å². The number of hydrogen-bond donors (Lipinski definition) is 3. The molecule has 0 aromatic carbocycles. The zero-order valence-corrected chi connectivity index (χ0v) is 18.6. The van der Waals surface area contributed by atoms with Gasteiger partial charge in [-0.25, -0.2) is 0 Å². The number of guanidine groups is 1. The van der Waals surface area contributed by atoms with Gasteiger partial charge < -0.3 is 15.7 Å². The predicted molar refractivity (Wildman–Crippen MR) is 118 cm³/mol. The number of rotatable bonds is 9. The summed E-state index contributed by atoms with van der Waals surface area (Å²) >= 11 is 0. The lowest BCUT2D eigenvalue weighted by Crippen LogP contribution is -2.41. The number of nitrogens with zero attached hydrogens (tertiary/aromatic N) is 3. The molecule has 3 N–H and O–H groups in total. The zero-order valence-electron chi connectivity index (χ0n) is 16.3. The summed E-state index contributed by atoms with van der Waals surface area (Å²) in [6, 6.07) is 1.95. The summed E-state index contributed by atoms with van der Waals surface area (Å²) in [5, 5.41) is 20.5. The SMILES string of the molecule is CCNC(=NCC1(CCO)CCCCC1)NCC(C)Cn1cccn1.I. The second-order valence-corrected chi connectivity index (χ2v) is 7.44. The first-order valence-electron chi connectivity index (χ1n) is 9.78. The molecule has 0 amide bonds. The average molecular weight is 477 g/mol. The van der Waals surface area contributed by atoms with Crippen molar-refractivity contribution < 1.29 is 5.11 Å². The third-order valence-electron chi connectivity index (χ3n) is 5.15. The smallest absolute Gasteiger partial charge is 0.191 e. The Balaban J connectivity index is 0.00000338. The third-order valence-corrected chi connectivity index (χ3v) is 5.15. The summed E-state index contributed by atoms with van der Waals surface area (Å²) in [5.41, 5.74) is 0.191. The second kappa shape index (κ2) is 12.5. The maximum absolute atomic E-state index is 9.46. The van der Waals surface area contributed by atoms with Crippen LogP contribution in [0, 0.1) is 11.3 Å². The fraction of sp³-hybridized carbons (Fsp3) is 0.789. The van der Waals surface area contributed by atoms with Crippen LogP contribution in [0.15, 0.2) is 23.5 Å². The molecule has 1 aromatic rings. The molecule has 0 aliphatic heterocycles. The van der Waals surface area contributed by atoms with Crippen molar-refractivity contribution in [3.8, 4) is 0 Å². The van der Waals surface area contributed by atoms with Gasteiger partial charge in [-0.05, 0) is 43.6 Å². The highest BCUT2D eigenvalue weighted by molar-refractivity contribution is 14.0. The molecular formula is C19H36IN5O. The van der Waals surface area contributed by atoms with Crippen LogP contribution in [-0.4, -0.2) is 47.1 Å². The Kier molecular flexibility index (Phi) is 11.2.